The quantitative estimate of drug-likeness (QED) is 0.795. The zero-order chi connectivity index (χ0) is 19.3. The Bertz CT molecular complexity index is 875. The van der Waals surface area contributed by atoms with Crippen LogP contribution in [0.4, 0.5) is 0 Å². The van der Waals surface area contributed by atoms with E-state index in [1.54, 1.807) is 24.3 Å². The number of likely N-dealkylation sites (tertiary alicyclic amines) is 1. The molecule has 6 heteroatoms. The number of nitrogens with one attached hydrogen (secondary N) is 1. The molecule has 1 N–H and O–H groups in total. The Kier molecular flexibility index (Phi) is 6.29. The van der Waals surface area contributed by atoms with Crippen LogP contribution >= 0.6 is 0 Å². The molecule has 1 amide bonds. The van der Waals surface area contributed by atoms with Gasteiger partial charge in [-0.2, -0.15) is 0 Å². The molecule has 0 spiro atoms. The molecule has 1 aliphatic heterocycles. The second kappa shape index (κ2) is 8.67. The van der Waals surface area contributed by atoms with Gasteiger partial charge in [-0.3, -0.25) is 4.79 Å². The minimum atomic E-state index is -3.14. The molecule has 0 bridgehead atoms. The predicted molar refractivity (Wildman–Crippen MR) is 107 cm³/mol. The molecule has 27 heavy (non-hydrogen) atoms. The third-order valence-electron chi connectivity index (χ3n) is 4.76. The molecule has 1 aliphatic rings. The second-order valence-electron chi connectivity index (χ2n) is 7.21. The van der Waals surface area contributed by atoms with Gasteiger partial charge in [0.1, 0.15) is 0 Å². The number of amides is 1. The molecule has 144 valence electrons. The SMILES string of the molecule is CS(=O)(=O)Cc1cccc(C(=O)NC(CN2CCCC2)c2ccccc2)c1. The lowest BCUT2D eigenvalue weighted by molar-refractivity contribution is 0.0927. The van der Waals surface area contributed by atoms with Crippen molar-refractivity contribution in [3.63, 3.8) is 0 Å². The molecular formula is C21H26N2O3S. The summed E-state index contributed by atoms with van der Waals surface area (Å²) < 4.78 is 23.1. The maximum Gasteiger partial charge on any atom is 0.251 e. The van der Waals surface area contributed by atoms with Crippen LogP contribution in [0.1, 0.15) is 40.4 Å². The van der Waals surface area contributed by atoms with E-state index in [1.807, 2.05) is 30.3 Å². The van der Waals surface area contributed by atoms with Gasteiger partial charge in [-0.1, -0.05) is 42.5 Å². The fourth-order valence-electron chi connectivity index (χ4n) is 3.49. The molecule has 2 aromatic rings. The molecule has 1 unspecified atom stereocenters. The Morgan fingerprint density at radius 2 is 1.78 bits per heavy atom. The number of carbonyl (C=O) groups excluding carboxylic acids is 1. The minimum Gasteiger partial charge on any atom is -0.344 e. The first-order valence-electron chi connectivity index (χ1n) is 9.25. The lowest BCUT2D eigenvalue weighted by atomic mass is 10.1. The van der Waals surface area contributed by atoms with Gasteiger partial charge in [0.2, 0.25) is 0 Å². The van der Waals surface area contributed by atoms with Crippen LogP contribution < -0.4 is 5.32 Å². The molecule has 0 saturated carbocycles. The zero-order valence-corrected chi connectivity index (χ0v) is 16.4. The first kappa shape index (κ1) is 19.6. The number of hydrogen-bond donors (Lipinski definition) is 1. The van der Waals surface area contributed by atoms with Crippen LogP contribution in [-0.4, -0.2) is 45.1 Å². The third-order valence-corrected chi connectivity index (χ3v) is 5.62. The van der Waals surface area contributed by atoms with Crippen molar-refractivity contribution in [1.29, 1.82) is 0 Å². The average molecular weight is 387 g/mol. The Hall–Kier alpha value is -2.18. The van der Waals surface area contributed by atoms with Gasteiger partial charge >= 0.3 is 0 Å². The van der Waals surface area contributed by atoms with Gasteiger partial charge < -0.3 is 10.2 Å². The summed E-state index contributed by atoms with van der Waals surface area (Å²) in [5, 5.41) is 3.14. The van der Waals surface area contributed by atoms with Crippen LogP contribution in [0, 0.1) is 0 Å². The molecule has 0 aliphatic carbocycles. The molecule has 3 rings (SSSR count). The van der Waals surface area contributed by atoms with E-state index < -0.39 is 9.84 Å². The lowest BCUT2D eigenvalue weighted by Gasteiger charge is -2.25. The molecule has 1 fully saturated rings. The third kappa shape index (κ3) is 5.91. The summed E-state index contributed by atoms with van der Waals surface area (Å²) in [5.74, 6) is -0.248. The lowest BCUT2D eigenvalue weighted by Crippen LogP contribution is -2.37. The molecule has 1 atom stereocenters. The summed E-state index contributed by atoms with van der Waals surface area (Å²) in [4.78, 5) is 15.2. The second-order valence-corrected chi connectivity index (χ2v) is 9.36. The summed E-state index contributed by atoms with van der Waals surface area (Å²) in [6, 6.07) is 16.7. The maximum absolute atomic E-state index is 12.8. The van der Waals surface area contributed by atoms with E-state index in [0.717, 1.165) is 25.2 Å². The number of nitrogens with zero attached hydrogens (tertiary/aromatic N) is 1. The van der Waals surface area contributed by atoms with Crippen molar-refractivity contribution < 1.29 is 13.2 Å². The van der Waals surface area contributed by atoms with E-state index in [2.05, 4.69) is 10.2 Å². The van der Waals surface area contributed by atoms with Crippen molar-refractivity contribution in [3.8, 4) is 0 Å². The van der Waals surface area contributed by atoms with Gasteiger partial charge in [0.05, 0.1) is 11.8 Å². The molecule has 0 aromatic heterocycles. The van der Waals surface area contributed by atoms with Gasteiger partial charge in [0, 0.05) is 18.4 Å². The highest BCUT2D eigenvalue weighted by Crippen LogP contribution is 2.19. The Balaban J connectivity index is 1.76. The highest BCUT2D eigenvalue weighted by molar-refractivity contribution is 7.89. The van der Waals surface area contributed by atoms with E-state index in [-0.39, 0.29) is 17.7 Å². The number of carbonyl (C=O) groups is 1. The Morgan fingerprint density at radius 3 is 2.44 bits per heavy atom. The fourth-order valence-corrected chi connectivity index (χ4v) is 4.27. The number of benzene rings is 2. The first-order chi connectivity index (χ1) is 12.9. The van der Waals surface area contributed by atoms with Crippen LogP contribution in [-0.2, 0) is 15.6 Å². The van der Waals surface area contributed by atoms with Crippen molar-refractivity contribution in [1.82, 2.24) is 10.2 Å². The molecule has 0 radical (unpaired) electrons. The molecule has 1 saturated heterocycles. The van der Waals surface area contributed by atoms with Crippen molar-refractivity contribution in [2.75, 3.05) is 25.9 Å². The molecule has 2 aromatic carbocycles. The highest BCUT2D eigenvalue weighted by atomic mass is 32.2. The van der Waals surface area contributed by atoms with E-state index in [1.165, 1.54) is 19.1 Å². The summed E-state index contributed by atoms with van der Waals surface area (Å²) in [7, 11) is -3.14. The smallest absolute Gasteiger partial charge is 0.251 e. The van der Waals surface area contributed by atoms with Gasteiger partial charge in [-0.05, 0) is 49.2 Å². The van der Waals surface area contributed by atoms with Crippen LogP contribution in [0.25, 0.3) is 0 Å². The highest BCUT2D eigenvalue weighted by Gasteiger charge is 2.21. The standard InChI is InChI=1S/C21H26N2O3S/c1-27(25,26)16-17-8-7-11-19(14-17)21(24)22-20(15-23-12-5-6-13-23)18-9-3-2-4-10-18/h2-4,7-11,14,20H,5-6,12-13,15-16H2,1H3,(H,22,24). The van der Waals surface area contributed by atoms with Gasteiger partial charge in [0.25, 0.3) is 5.91 Å². The summed E-state index contributed by atoms with van der Waals surface area (Å²) >= 11 is 0. The minimum absolute atomic E-state index is 0.0655. The summed E-state index contributed by atoms with van der Waals surface area (Å²) in [6.07, 6.45) is 3.59. The summed E-state index contributed by atoms with van der Waals surface area (Å²) in [5.41, 5.74) is 2.18. The van der Waals surface area contributed by atoms with Crippen molar-refractivity contribution in [2.24, 2.45) is 0 Å². The van der Waals surface area contributed by atoms with Crippen LogP contribution in [0.3, 0.4) is 0 Å². The van der Waals surface area contributed by atoms with Gasteiger partial charge in [-0.25, -0.2) is 8.42 Å². The molecule has 5 nitrogen and oxygen atoms in total. The predicted octanol–water partition coefficient (Wildman–Crippen LogP) is 2.80. The van der Waals surface area contributed by atoms with Crippen LogP contribution in [0.5, 0.6) is 0 Å². The Labute approximate surface area is 161 Å². The van der Waals surface area contributed by atoms with Crippen LogP contribution in [0.2, 0.25) is 0 Å². The van der Waals surface area contributed by atoms with E-state index in [9.17, 15) is 13.2 Å². The van der Waals surface area contributed by atoms with Crippen molar-refractivity contribution in [2.45, 2.75) is 24.6 Å². The van der Waals surface area contributed by atoms with Gasteiger partial charge in [-0.15, -0.1) is 0 Å². The monoisotopic (exact) mass is 386 g/mol. The first-order valence-corrected chi connectivity index (χ1v) is 11.3. The topological polar surface area (TPSA) is 66.5 Å². The average Bonchev–Trinajstić information content (AvgIpc) is 3.14. The van der Waals surface area contributed by atoms with Crippen LogP contribution in [0.15, 0.2) is 54.6 Å². The number of rotatable bonds is 7. The van der Waals surface area contributed by atoms with E-state index >= 15 is 0 Å². The fraction of sp³-hybridized carbons (Fsp3) is 0.381. The number of hydrogen-bond acceptors (Lipinski definition) is 4. The zero-order valence-electron chi connectivity index (χ0n) is 15.6. The number of sulfone groups is 1. The largest absolute Gasteiger partial charge is 0.344 e. The Morgan fingerprint density at radius 1 is 1.07 bits per heavy atom. The van der Waals surface area contributed by atoms with Crippen molar-refractivity contribution in [3.05, 3.63) is 71.3 Å². The molecule has 1 heterocycles. The summed E-state index contributed by atoms with van der Waals surface area (Å²) in [6.45, 7) is 2.89. The normalized spacial score (nSPS) is 16.2. The maximum atomic E-state index is 12.8. The van der Waals surface area contributed by atoms with E-state index in [0.29, 0.717) is 11.1 Å². The van der Waals surface area contributed by atoms with Gasteiger partial charge in [0.15, 0.2) is 9.84 Å². The van der Waals surface area contributed by atoms with Crippen molar-refractivity contribution >= 4 is 15.7 Å². The van der Waals surface area contributed by atoms with E-state index in [4.69, 9.17) is 0 Å². The molecular weight excluding hydrogens is 360 g/mol.